The zero-order valence-electron chi connectivity index (χ0n) is 37.7. The van der Waals surface area contributed by atoms with Crippen LogP contribution in [0.2, 0.25) is 0 Å². The average molecular weight is 935 g/mol. The molecular weight excluding hydrogens is 865 g/mol. The second-order valence-corrected chi connectivity index (χ2v) is 19.0. The molecule has 0 heterocycles. The van der Waals surface area contributed by atoms with Gasteiger partial charge in [-0.05, 0) is 91.9 Å². The molecule has 2 N–H and O–H groups in total. The molecule has 0 fully saturated rings. The van der Waals surface area contributed by atoms with Crippen LogP contribution in [0.5, 0.6) is 34.5 Å². The molecule has 0 aromatic heterocycles. The number of aryl methyl sites for hydroxylation is 2. The maximum absolute atomic E-state index is 12.6. The standard InChI is InChI=1S/2C25H36O5S.Ca/c2*1-2-3-4-5-6-7-8-9-10-11-12-14-21-15-13-16-24(25(21)26)30-22-17-19-23(20-18-22)31(27,28)29;/h2*13,15-20,26H,2-12,14H2,1H3,(H,27,28,29);/q;;+2/p-2. The zero-order valence-corrected chi connectivity index (χ0v) is 41.6. The number of aromatic hydroxyl groups is 1. The number of hydrogen-bond donors (Lipinski definition) is 2. The minimum atomic E-state index is -4.50. The molecule has 0 aliphatic rings. The third-order valence-corrected chi connectivity index (χ3v) is 12.6. The number of hydrogen-bond acceptors (Lipinski definition) is 9. The summed E-state index contributed by atoms with van der Waals surface area (Å²) in [6, 6.07) is 21.2. The van der Waals surface area contributed by atoms with E-state index in [1.165, 1.54) is 164 Å². The summed E-state index contributed by atoms with van der Waals surface area (Å²) in [6.45, 7) is 4.49. The first-order valence-corrected chi connectivity index (χ1v) is 25.8. The first-order valence-electron chi connectivity index (χ1n) is 22.9. The number of unbranched alkanes of at least 4 members (excludes halogenated alkanes) is 20. The Balaban J connectivity index is 0.000000427. The number of rotatable bonds is 30. The first-order chi connectivity index (χ1) is 29.8. The topological polar surface area (TPSA) is 173 Å². The van der Waals surface area contributed by atoms with Crippen molar-refractivity contribution in [3.63, 3.8) is 0 Å². The molecule has 0 aliphatic carbocycles. The Morgan fingerprint density at radius 1 is 0.476 bits per heavy atom. The normalized spacial score (nSPS) is 11.4. The van der Waals surface area contributed by atoms with Gasteiger partial charge in [0.05, 0.1) is 9.79 Å². The Morgan fingerprint density at radius 3 is 1.24 bits per heavy atom. The number of benzene rings is 4. The van der Waals surface area contributed by atoms with Gasteiger partial charge in [-0.25, -0.2) is 8.42 Å². The Bertz CT molecular complexity index is 1910. The van der Waals surface area contributed by atoms with Crippen LogP contribution in [-0.2, 0) is 33.1 Å². The van der Waals surface area contributed by atoms with Crippen LogP contribution < -0.4 is 14.6 Å². The van der Waals surface area contributed by atoms with E-state index in [4.69, 9.17) is 14.0 Å². The molecule has 0 bridgehead atoms. The predicted molar refractivity (Wildman–Crippen MR) is 251 cm³/mol. The number of phenols is 1. The molecule has 0 aliphatic heterocycles. The second kappa shape index (κ2) is 31.9. The maximum atomic E-state index is 12.6. The minimum absolute atomic E-state index is 0. The molecule has 344 valence electrons. The Kier molecular flexibility index (Phi) is 28.5. The average Bonchev–Trinajstić information content (AvgIpc) is 3.24. The van der Waals surface area contributed by atoms with Gasteiger partial charge in [-0.1, -0.05) is 178 Å². The van der Waals surface area contributed by atoms with Gasteiger partial charge in [0.1, 0.15) is 27.4 Å². The fraction of sp³-hybridized carbons (Fsp3) is 0.520. The van der Waals surface area contributed by atoms with E-state index in [2.05, 4.69) is 13.8 Å². The third kappa shape index (κ3) is 23.3. The van der Waals surface area contributed by atoms with Gasteiger partial charge in [-0.3, -0.25) is 4.55 Å². The van der Waals surface area contributed by atoms with Gasteiger partial charge < -0.3 is 24.2 Å². The van der Waals surface area contributed by atoms with E-state index in [1.807, 2.05) is 18.2 Å². The SMILES string of the molecule is CCCCCCCCCCCCCc1cccc(Oc2ccc(S(=O)(=O)O)cc2)c1O.CCCCCCCCCCCCCc1cccc(Oc2ccc(S(=O)(=O)[O-])cc2)c1[O-].[Ca+2]. The number of ether oxygens (including phenoxy) is 2. The van der Waals surface area contributed by atoms with Gasteiger partial charge in [-0.15, -0.1) is 0 Å². The van der Waals surface area contributed by atoms with Crippen molar-refractivity contribution in [2.75, 3.05) is 0 Å². The van der Waals surface area contributed by atoms with Crippen molar-refractivity contribution < 1.29 is 45.6 Å². The Morgan fingerprint density at radius 2 is 0.825 bits per heavy atom. The largest absolute Gasteiger partial charge is 2.00 e. The summed E-state index contributed by atoms with van der Waals surface area (Å²) in [5.74, 6) is 1.22. The van der Waals surface area contributed by atoms with Crippen LogP contribution in [0.1, 0.15) is 166 Å². The fourth-order valence-electron chi connectivity index (χ4n) is 7.26. The van der Waals surface area contributed by atoms with Crippen LogP contribution in [-0.4, -0.2) is 68.8 Å². The van der Waals surface area contributed by atoms with Gasteiger partial charge in [0.2, 0.25) is 0 Å². The van der Waals surface area contributed by atoms with E-state index < -0.39 is 20.2 Å². The van der Waals surface area contributed by atoms with Crippen molar-refractivity contribution in [3.8, 4) is 34.5 Å². The summed E-state index contributed by atoms with van der Waals surface area (Å²) in [4.78, 5) is -0.526. The Labute approximate surface area is 408 Å². The van der Waals surface area contributed by atoms with E-state index in [1.54, 1.807) is 18.2 Å². The van der Waals surface area contributed by atoms with Crippen molar-refractivity contribution in [1.29, 1.82) is 0 Å². The van der Waals surface area contributed by atoms with E-state index >= 15 is 0 Å². The summed E-state index contributed by atoms with van der Waals surface area (Å²) in [7, 11) is -8.74. The molecule has 0 saturated carbocycles. The summed E-state index contributed by atoms with van der Waals surface area (Å²) < 4.78 is 75.6. The first kappa shape index (κ1) is 56.3. The second-order valence-electron chi connectivity index (χ2n) is 16.2. The van der Waals surface area contributed by atoms with E-state index in [0.29, 0.717) is 17.2 Å². The van der Waals surface area contributed by atoms with Gasteiger partial charge in [0.15, 0.2) is 11.5 Å². The number of phenolic OH excluding ortho intramolecular Hbond substituents is 1. The molecule has 4 aromatic rings. The zero-order chi connectivity index (χ0) is 45.1. The third-order valence-electron chi connectivity index (χ3n) is 10.9. The predicted octanol–water partition coefficient (Wildman–Crippen LogP) is 13.2. The molecule has 4 aromatic carbocycles. The molecule has 0 atom stereocenters. The molecule has 0 amide bonds. The van der Waals surface area contributed by atoms with Crippen molar-refractivity contribution >= 4 is 58.0 Å². The minimum Gasteiger partial charge on any atom is -0.870 e. The van der Waals surface area contributed by atoms with Crippen LogP contribution in [0.25, 0.3) is 0 Å². The summed E-state index contributed by atoms with van der Waals surface area (Å²) in [5, 5.41) is 23.2. The van der Waals surface area contributed by atoms with Crippen LogP contribution >= 0.6 is 0 Å². The van der Waals surface area contributed by atoms with E-state index in [0.717, 1.165) is 49.7 Å². The van der Waals surface area contributed by atoms with Crippen LogP contribution in [0.3, 0.4) is 0 Å². The van der Waals surface area contributed by atoms with E-state index in [-0.39, 0.29) is 64.8 Å². The van der Waals surface area contributed by atoms with Crippen molar-refractivity contribution in [2.45, 2.75) is 178 Å². The molecule has 0 spiro atoms. The molecule has 13 heteroatoms. The summed E-state index contributed by atoms with van der Waals surface area (Å²) >= 11 is 0. The van der Waals surface area contributed by atoms with Crippen LogP contribution in [0, 0.1) is 0 Å². The summed E-state index contributed by atoms with van der Waals surface area (Å²) in [5.41, 5.74) is 1.58. The van der Waals surface area contributed by atoms with Gasteiger partial charge >= 0.3 is 37.7 Å². The van der Waals surface area contributed by atoms with Crippen molar-refractivity contribution in [2.24, 2.45) is 0 Å². The molecular formula is C50H70CaO10S2. The quantitative estimate of drug-likeness (QED) is 0.0291. The fourth-order valence-corrected chi connectivity index (χ4v) is 8.21. The monoisotopic (exact) mass is 934 g/mol. The number of para-hydroxylation sites is 2. The summed E-state index contributed by atoms with van der Waals surface area (Å²) in [6.07, 6.45) is 29.5. The van der Waals surface area contributed by atoms with Crippen LogP contribution in [0.4, 0.5) is 0 Å². The van der Waals surface area contributed by atoms with Crippen LogP contribution in [0.15, 0.2) is 94.7 Å². The van der Waals surface area contributed by atoms with Crippen molar-refractivity contribution in [1.82, 2.24) is 0 Å². The molecule has 0 saturated heterocycles. The van der Waals surface area contributed by atoms with Gasteiger partial charge in [0.25, 0.3) is 10.1 Å². The van der Waals surface area contributed by atoms with E-state index in [9.17, 15) is 31.6 Å². The maximum Gasteiger partial charge on any atom is 2.00 e. The Hall–Kier alpha value is -2.84. The molecule has 0 unspecified atom stereocenters. The van der Waals surface area contributed by atoms with Gasteiger partial charge in [-0.2, -0.15) is 8.42 Å². The van der Waals surface area contributed by atoms with Crippen molar-refractivity contribution in [3.05, 3.63) is 96.1 Å². The molecule has 63 heavy (non-hydrogen) atoms. The molecule has 0 radical (unpaired) electrons. The smallest absolute Gasteiger partial charge is 0.870 e. The molecule has 10 nitrogen and oxygen atoms in total. The molecule has 4 rings (SSSR count). The van der Waals surface area contributed by atoms with Gasteiger partial charge in [0, 0.05) is 0 Å².